The van der Waals surface area contributed by atoms with Crippen LogP contribution in [-0.2, 0) is 0 Å². The van der Waals surface area contributed by atoms with E-state index in [4.69, 9.17) is 10.2 Å². The van der Waals surface area contributed by atoms with Gasteiger partial charge in [0.2, 0.25) is 0 Å². The van der Waals surface area contributed by atoms with Crippen molar-refractivity contribution in [2.24, 2.45) is 0 Å². The second-order valence-corrected chi connectivity index (χ2v) is 5.66. The Morgan fingerprint density at radius 1 is 0.933 bits per heavy atom. The van der Waals surface area contributed by atoms with Gasteiger partial charge in [-0.25, -0.2) is 0 Å². The lowest BCUT2D eigenvalue weighted by molar-refractivity contribution is 0.322. The molecule has 2 N–H and O–H groups in total. The minimum Gasteiger partial charge on any atom is -0.396 e. The topological polar surface area (TPSA) is 40.5 Å². The van der Waals surface area contributed by atoms with Gasteiger partial charge in [-0.15, -0.1) is 23.5 Å². The maximum Gasteiger partial charge on any atom is 0.0753 e. The lowest BCUT2D eigenvalue weighted by Crippen LogP contribution is -1.97. The first-order valence-corrected chi connectivity index (χ1v) is 6.98. The highest BCUT2D eigenvalue weighted by molar-refractivity contribution is 8.16. The lowest BCUT2D eigenvalue weighted by atomic mass is 10.2. The SMILES string of the molecule is OCCSC(SCCO)c1ccccc1. The molecule has 0 saturated heterocycles. The van der Waals surface area contributed by atoms with E-state index in [1.165, 1.54) is 5.56 Å². The maximum absolute atomic E-state index is 8.81. The Morgan fingerprint density at radius 3 is 1.93 bits per heavy atom. The minimum absolute atomic E-state index is 0.202. The Hall–Kier alpha value is -0.160. The zero-order valence-electron chi connectivity index (χ0n) is 8.50. The molecule has 0 amide bonds. The Morgan fingerprint density at radius 2 is 1.47 bits per heavy atom. The molecule has 0 aliphatic carbocycles. The fraction of sp³-hybridized carbons (Fsp3) is 0.455. The number of rotatable bonds is 7. The number of aliphatic hydroxyl groups excluding tert-OH is 2. The molecule has 15 heavy (non-hydrogen) atoms. The van der Waals surface area contributed by atoms with Crippen molar-refractivity contribution in [1.29, 1.82) is 0 Å². The minimum atomic E-state index is 0.202. The first kappa shape index (κ1) is 12.9. The van der Waals surface area contributed by atoms with Crippen molar-refractivity contribution < 1.29 is 10.2 Å². The molecule has 0 bridgehead atoms. The summed E-state index contributed by atoms with van der Waals surface area (Å²) in [6.07, 6.45) is 0. The normalized spacial score (nSPS) is 10.9. The van der Waals surface area contributed by atoms with E-state index in [1.54, 1.807) is 23.5 Å². The van der Waals surface area contributed by atoms with Gasteiger partial charge in [-0.2, -0.15) is 0 Å². The molecule has 0 atom stereocenters. The third-order valence-electron chi connectivity index (χ3n) is 1.79. The average Bonchev–Trinajstić information content (AvgIpc) is 2.30. The molecular formula is C11H16O2S2. The standard InChI is InChI=1S/C11H16O2S2/c12-6-8-14-11(15-9-7-13)10-4-2-1-3-5-10/h1-5,11-13H,6-9H2. The molecule has 0 unspecified atom stereocenters. The van der Waals surface area contributed by atoms with Crippen molar-refractivity contribution in [1.82, 2.24) is 0 Å². The van der Waals surface area contributed by atoms with Gasteiger partial charge in [0, 0.05) is 11.5 Å². The van der Waals surface area contributed by atoms with Crippen LogP contribution in [0.25, 0.3) is 0 Å². The van der Waals surface area contributed by atoms with E-state index in [-0.39, 0.29) is 13.2 Å². The molecule has 0 aliphatic heterocycles. The van der Waals surface area contributed by atoms with E-state index < -0.39 is 0 Å². The molecule has 0 aliphatic rings. The van der Waals surface area contributed by atoms with Crippen molar-refractivity contribution in [2.75, 3.05) is 24.7 Å². The fourth-order valence-electron chi connectivity index (χ4n) is 1.17. The summed E-state index contributed by atoms with van der Waals surface area (Å²) in [7, 11) is 0. The summed E-state index contributed by atoms with van der Waals surface area (Å²) in [6, 6.07) is 10.2. The van der Waals surface area contributed by atoms with E-state index in [1.807, 2.05) is 18.2 Å². The van der Waals surface area contributed by atoms with E-state index in [9.17, 15) is 0 Å². The molecule has 1 aromatic carbocycles. The quantitative estimate of drug-likeness (QED) is 0.721. The van der Waals surface area contributed by atoms with Gasteiger partial charge in [0.1, 0.15) is 0 Å². The van der Waals surface area contributed by atoms with Crippen LogP contribution in [0.4, 0.5) is 0 Å². The van der Waals surface area contributed by atoms with Crippen LogP contribution in [0.15, 0.2) is 30.3 Å². The molecule has 1 rings (SSSR count). The van der Waals surface area contributed by atoms with E-state index in [0.29, 0.717) is 4.58 Å². The summed E-state index contributed by atoms with van der Waals surface area (Å²) in [6.45, 7) is 0.404. The first-order chi connectivity index (χ1) is 7.38. The Kier molecular flexibility index (Phi) is 6.92. The first-order valence-electron chi connectivity index (χ1n) is 4.88. The smallest absolute Gasteiger partial charge is 0.0753 e. The number of aliphatic hydroxyl groups is 2. The maximum atomic E-state index is 8.81. The average molecular weight is 244 g/mol. The van der Waals surface area contributed by atoms with Crippen molar-refractivity contribution in [3.8, 4) is 0 Å². The summed E-state index contributed by atoms with van der Waals surface area (Å²) in [5, 5.41) is 17.6. The molecule has 0 fully saturated rings. The summed E-state index contributed by atoms with van der Waals surface area (Å²) in [4.78, 5) is 0. The Balaban J connectivity index is 2.55. The number of benzene rings is 1. The van der Waals surface area contributed by atoms with Gasteiger partial charge >= 0.3 is 0 Å². The van der Waals surface area contributed by atoms with Crippen LogP contribution in [0, 0.1) is 0 Å². The fourth-order valence-corrected chi connectivity index (χ4v) is 3.47. The van der Waals surface area contributed by atoms with Gasteiger partial charge in [0.25, 0.3) is 0 Å². The van der Waals surface area contributed by atoms with Crippen LogP contribution in [0.1, 0.15) is 10.1 Å². The molecule has 1 aromatic rings. The highest BCUT2D eigenvalue weighted by Gasteiger charge is 2.11. The summed E-state index contributed by atoms with van der Waals surface area (Å²) >= 11 is 3.43. The summed E-state index contributed by atoms with van der Waals surface area (Å²) in [5.41, 5.74) is 1.24. The zero-order valence-corrected chi connectivity index (χ0v) is 10.1. The van der Waals surface area contributed by atoms with Gasteiger partial charge < -0.3 is 10.2 Å². The molecule has 0 radical (unpaired) electrons. The largest absolute Gasteiger partial charge is 0.396 e. The zero-order chi connectivity index (χ0) is 10.9. The van der Waals surface area contributed by atoms with Crippen LogP contribution in [0.3, 0.4) is 0 Å². The van der Waals surface area contributed by atoms with Crippen LogP contribution >= 0.6 is 23.5 Å². The Bertz CT molecular complexity index is 246. The van der Waals surface area contributed by atoms with Gasteiger partial charge in [0.15, 0.2) is 0 Å². The summed E-state index contributed by atoms with van der Waals surface area (Å²) in [5.74, 6) is 1.47. The van der Waals surface area contributed by atoms with E-state index in [0.717, 1.165) is 11.5 Å². The molecule has 0 spiro atoms. The predicted octanol–water partition coefficient (Wildman–Crippen LogP) is 2.14. The Labute approximate surface area is 99.1 Å². The van der Waals surface area contributed by atoms with Crippen LogP contribution < -0.4 is 0 Å². The van der Waals surface area contributed by atoms with Crippen LogP contribution in [0.5, 0.6) is 0 Å². The van der Waals surface area contributed by atoms with Crippen molar-refractivity contribution in [3.63, 3.8) is 0 Å². The lowest BCUT2D eigenvalue weighted by Gasteiger charge is -2.15. The van der Waals surface area contributed by atoms with Gasteiger partial charge in [0.05, 0.1) is 17.8 Å². The van der Waals surface area contributed by atoms with Gasteiger partial charge in [-0.1, -0.05) is 30.3 Å². The highest BCUT2D eigenvalue weighted by Crippen LogP contribution is 2.38. The van der Waals surface area contributed by atoms with Gasteiger partial charge in [-0.3, -0.25) is 0 Å². The number of hydrogen-bond acceptors (Lipinski definition) is 4. The predicted molar refractivity (Wildman–Crippen MR) is 68.3 cm³/mol. The molecule has 2 nitrogen and oxygen atoms in total. The third-order valence-corrected chi connectivity index (χ3v) is 4.60. The van der Waals surface area contributed by atoms with Crippen molar-refractivity contribution in [3.05, 3.63) is 35.9 Å². The second-order valence-electron chi connectivity index (χ2n) is 2.93. The van der Waals surface area contributed by atoms with E-state index >= 15 is 0 Å². The van der Waals surface area contributed by atoms with Gasteiger partial charge in [-0.05, 0) is 5.56 Å². The third kappa shape index (κ3) is 4.93. The molecular weight excluding hydrogens is 228 g/mol. The molecule has 0 saturated carbocycles. The van der Waals surface area contributed by atoms with Crippen molar-refractivity contribution in [2.45, 2.75) is 4.58 Å². The number of hydrogen-bond donors (Lipinski definition) is 2. The monoisotopic (exact) mass is 244 g/mol. The van der Waals surface area contributed by atoms with Crippen LogP contribution in [-0.4, -0.2) is 34.9 Å². The number of thioether (sulfide) groups is 2. The molecule has 0 aromatic heterocycles. The van der Waals surface area contributed by atoms with E-state index in [2.05, 4.69) is 12.1 Å². The summed E-state index contributed by atoms with van der Waals surface area (Å²) < 4.78 is 0.311. The van der Waals surface area contributed by atoms with Crippen LogP contribution in [0.2, 0.25) is 0 Å². The molecule has 84 valence electrons. The van der Waals surface area contributed by atoms with Crippen molar-refractivity contribution >= 4 is 23.5 Å². The second kappa shape index (κ2) is 8.05. The molecule has 0 heterocycles. The highest BCUT2D eigenvalue weighted by atomic mass is 32.2. The molecule has 4 heteroatoms.